The van der Waals surface area contributed by atoms with Gasteiger partial charge in [0.25, 0.3) is 0 Å². The van der Waals surface area contributed by atoms with E-state index in [-0.39, 0.29) is 5.91 Å². The summed E-state index contributed by atoms with van der Waals surface area (Å²) in [5.74, 6) is 0.640. The number of amides is 1. The van der Waals surface area contributed by atoms with Gasteiger partial charge in [-0.2, -0.15) is 0 Å². The third kappa shape index (κ3) is 4.00. The van der Waals surface area contributed by atoms with Gasteiger partial charge in [-0.05, 0) is 30.4 Å². The summed E-state index contributed by atoms with van der Waals surface area (Å²) in [6, 6.07) is 10.4. The number of aromatic nitrogens is 1. The Morgan fingerprint density at radius 2 is 2.05 bits per heavy atom. The fourth-order valence-electron chi connectivity index (χ4n) is 2.13. The number of benzene rings is 1. The van der Waals surface area contributed by atoms with E-state index in [1.807, 2.05) is 12.1 Å². The van der Waals surface area contributed by atoms with Crippen LogP contribution in [0.25, 0.3) is 10.9 Å². The van der Waals surface area contributed by atoms with E-state index < -0.39 is 0 Å². The maximum absolute atomic E-state index is 11.4. The van der Waals surface area contributed by atoms with Gasteiger partial charge in [0.05, 0.1) is 0 Å². The van der Waals surface area contributed by atoms with Crippen molar-refractivity contribution in [3.8, 4) is 0 Å². The van der Waals surface area contributed by atoms with Gasteiger partial charge >= 0.3 is 0 Å². The number of para-hydroxylation sites is 1. The zero-order chi connectivity index (χ0) is 13.5. The van der Waals surface area contributed by atoms with E-state index in [1.165, 1.54) is 10.9 Å². The number of hydrogen-bond acceptors (Lipinski definition) is 1. The largest absolute Gasteiger partial charge is 0.356 e. The van der Waals surface area contributed by atoms with E-state index in [0.29, 0.717) is 18.8 Å². The molecule has 2 rings (SSSR count). The van der Waals surface area contributed by atoms with Crippen LogP contribution >= 0.6 is 11.6 Å². The van der Waals surface area contributed by atoms with E-state index in [9.17, 15) is 4.79 Å². The third-order valence-corrected chi connectivity index (χ3v) is 3.38. The lowest BCUT2D eigenvalue weighted by Crippen LogP contribution is -2.24. The predicted molar refractivity (Wildman–Crippen MR) is 79.5 cm³/mol. The van der Waals surface area contributed by atoms with E-state index in [1.54, 1.807) is 0 Å². The summed E-state index contributed by atoms with van der Waals surface area (Å²) in [7, 11) is 0. The fraction of sp³-hybridized carbons (Fsp3) is 0.400. The average molecular weight is 279 g/mol. The van der Waals surface area contributed by atoms with Crippen LogP contribution in [0.5, 0.6) is 0 Å². The topological polar surface area (TPSA) is 34.0 Å². The second-order valence-electron chi connectivity index (χ2n) is 4.56. The molecular weight excluding hydrogens is 260 g/mol. The summed E-state index contributed by atoms with van der Waals surface area (Å²) in [5, 5.41) is 4.18. The number of nitrogens with one attached hydrogen (secondary N) is 1. The number of alkyl halides is 1. The van der Waals surface area contributed by atoms with Crippen LogP contribution in [0.1, 0.15) is 19.3 Å². The summed E-state index contributed by atoms with van der Waals surface area (Å²) in [4.78, 5) is 11.4. The molecule has 0 saturated heterocycles. The van der Waals surface area contributed by atoms with Gasteiger partial charge in [-0.1, -0.05) is 18.2 Å². The normalized spacial score (nSPS) is 10.8. The van der Waals surface area contributed by atoms with Crippen molar-refractivity contribution < 1.29 is 4.79 Å². The quantitative estimate of drug-likeness (QED) is 0.613. The van der Waals surface area contributed by atoms with Gasteiger partial charge in [0.2, 0.25) is 5.91 Å². The number of carbonyl (C=O) groups is 1. The van der Waals surface area contributed by atoms with Crippen LogP contribution in [0, 0.1) is 0 Å². The van der Waals surface area contributed by atoms with Crippen LogP contribution in [-0.4, -0.2) is 22.9 Å². The minimum Gasteiger partial charge on any atom is -0.356 e. The number of aryl methyl sites for hydroxylation is 1. The highest BCUT2D eigenvalue weighted by Crippen LogP contribution is 2.15. The van der Waals surface area contributed by atoms with Crippen LogP contribution in [0.2, 0.25) is 0 Å². The molecule has 102 valence electrons. The van der Waals surface area contributed by atoms with E-state index in [4.69, 9.17) is 11.6 Å². The number of nitrogens with zero attached hydrogens (tertiary/aromatic N) is 1. The van der Waals surface area contributed by atoms with Crippen LogP contribution in [0.4, 0.5) is 0 Å². The molecule has 0 saturated carbocycles. The van der Waals surface area contributed by atoms with Gasteiger partial charge in [-0.15, -0.1) is 11.6 Å². The van der Waals surface area contributed by atoms with Crippen molar-refractivity contribution in [2.45, 2.75) is 25.8 Å². The lowest BCUT2D eigenvalue weighted by molar-refractivity contribution is -0.121. The lowest BCUT2D eigenvalue weighted by Gasteiger charge is -2.07. The molecule has 0 atom stereocenters. The first-order chi connectivity index (χ1) is 9.31. The molecule has 1 aromatic carbocycles. The van der Waals surface area contributed by atoms with Gasteiger partial charge in [-0.3, -0.25) is 4.79 Å². The number of rotatable bonds is 7. The fourth-order valence-corrected chi connectivity index (χ4v) is 2.26. The Morgan fingerprint density at radius 1 is 1.21 bits per heavy atom. The molecule has 1 N–H and O–H groups in total. The lowest BCUT2D eigenvalue weighted by atomic mass is 10.2. The molecule has 1 heterocycles. The maximum atomic E-state index is 11.4. The van der Waals surface area contributed by atoms with Crippen molar-refractivity contribution in [2.24, 2.45) is 0 Å². The van der Waals surface area contributed by atoms with Crippen molar-refractivity contribution in [1.82, 2.24) is 9.88 Å². The Kier molecular flexibility index (Phi) is 5.28. The van der Waals surface area contributed by atoms with Gasteiger partial charge in [0.1, 0.15) is 0 Å². The van der Waals surface area contributed by atoms with E-state index in [0.717, 1.165) is 19.4 Å². The molecule has 0 bridgehead atoms. The van der Waals surface area contributed by atoms with E-state index >= 15 is 0 Å². The predicted octanol–water partition coefficient (Wildman–Crippen LogP) is 3.17. The Labute approximate surface area is 118 Å². The van der Waals surface area contributed by atoms with Gasteiger partial charge in [0, 0.05) is 37.1 Å². The SMILES string of the molecule is O=C(CCCCl)NCCCn1ccc2ccccc21. The van der Waals surface area contributed by atoms with Crippen molar-refractivity contribution in [3.05, 3.63) is 36.5 Å². The number of fused-ring (bicyclic) bond motifs is 1. The number of hydrogen-bond donors (Lipinski definition) is 1. The second kappa shape index (κ2) is 7.19. The smallest absolute Gasteiger partial charge is 0.220 e. The second-order valence-corrected chi connectivity index (χ2v) is 4.94. The molecule has 3 nitrogen and oxygen atoms in total. The van der Waals surface area contributed by atoms with E-state index in [2.05, 4.69) is 34.3 Å². The number of carbonyl (C=O) groups excluding carboxylic acids is 1. The molecule has 0 aliphatic carbocycles. The highest BCUT2D eigenvalue weighted by molar-refractivity contribution is 6.17. The zero-order valence-corrected chi connectivity index (χ0v) is 11.7. The Hall–Kier alpha value is -1.48. The van der Waals surface area contributed by atoms with Crippen molar-refractivity contribution in [3.63, 3.8) is 0 Å². The minimum atomic E-state index is 0.0954. The highest BCUT2D eigenvalue weighted by Gasteiger charge is 2.01. The molecule has 4 heteroatoms. The van der Waals surface area contributed by atoms with Gasteiger partial charge < -0.3 is 9.88 Å². The highest BCUT2D eigenvalue weighted by atomic mass is 35.5. The van der Waals surface area contributed by atoms with Crippen LogP contribution in [0.15, 0.2) is 36.5 Å². The monoisotopic (exact) mass is 278 g/mol. The Balaban J connectivity index is 1.75. The molecule has 1 amide bonds. The molecular formula is C15H19ClN2O. The van der Waals surface area contributed by atoms with Crippen molar-refractivity contribution in [2.75, 3.05) is 12.4 Å². The van der Waals surface area contributed by atoms with Gasteiger partial charge in [0.15, 0.2) is 0 Å². The first-order valence-electron chi connectivity index (χ1n) is 6.68. The van der Waals surface area contributed by atoms with Crippen LogP contribution < -0.4 is 5.32 Å². The molecule has 0 unspecified atom stereocenters. The summed E-state index contributed by atoms with van der Waals surface area (Å²) in [5.41, 5.74) is 1.25. The third-order valence-electron chi connectivity index (χ3n) is 3.12. The number of halogens is 1. The zero-order valence-electron chi connectivity index (χ0n) is 10.9. The van der Waals surface area contributed by atoms with Crippen LogP contribution in [-0.2, 0) is 11.3 Å². The van der Waals surface area contributed by atoms with Crippen molar-refractivity contribution >= 4 is 28.4 Å². The summed E-state index contributed by atoms with van der Waals surface area (Å²) in [6.45, 7) is 1.64. The molecule has 0 radical (unpaired) electrons. The standard InChI is InChI=1S/C15H19ClN2O/c16-9-3-7-15(19)17-10-4-11-18-12-8-13-5-1-2-6-14(13)18/h1-2,5-6,8,12H,3-4,7,9-11H2,(H,17,19). The Morgan fingerprint density at radius 3 is 2.89 bits per heavy atom. The first kappa shape index (κ1) is 13.9. The van der Waals surface area contributed by atoms with Crippen LogP contribution in [0.3, 0.4) is 0 Å². The van der Waals surface area contributed by atoms with Crippen molar-refractivity contribution in [1.29, 1.82) is 0 Å². The molecule has 19 heavy (non-hydrogen) atoms. The van der Waals surface area contributed by atoms with Gasteiger partial charge in [-0.25, -0.2) is 0 Å². The molecule has 0 fully saturated rings. The molecule has 0 aliphatic rings. The Bertz CT molecular complexity index is 536. The molecule has 0 spiro atoms. The molecule has 1 aromatic heterocycles. The maximum Gasteiger partial charge on any atom is 0.220 e. The minimum absolute atomic E-state index is 0.0954. The molecule has 2 aromatic rings. The summed E-state index contributed by atoms with van der Waals surface area (Å²) in [6.07, 6.45) is 4.30. The summed E-state index contributed by atoms with van der Waals surface area (Å²) >= 11 is 5.55. The molecule has 0 aliphatic heterocycles. The summed E-state index contributed by atoms with van der Waals surface area (Å²) < 4.78 is 2.22. The first-order valence-corrected chi connectivity index (χ1v) is 7.21. The average Bonchev–Trinajstić information content (AvgIpc) is 2.85.